The number of aromatic amines is 1. The summed E-state index contributed by atoms with van der Waals surface area (Å²) in [6.07, 6.45) is 3.84. The third-order valence-corrected chi connectivity index (χ3v) is 6.81. The van der Waals surface area contributed by atoms with Gasteiger partial charge >= 0.3 is 0 Å². The molecule has 8 nitrogen and oxygen atoms in total. The van der Waals surface area contributed by atoms with Crippen molar-refractivity contribution in [1.29, 1.82) is 0 Å². The van der Waals surface area contributed by atoms with Gasteiger partial charge in [0.1, 0.15) is 0 Å². The molecule has 8 heteroatoms. The number of nitrogens with two attached hydrogens (primary N) is 1. The number of carbonyl (C=O) groups excluding carboxylic acids is 2. The van der Waals surface area contributed by atoms with Gasteiger partial charge in [-0.25, -0.2) is 9.83 Å². The van der Waals surface area contributed by atoms with E-state index >= 15 is 0 Å². The van der Waals surface area contributed by atoms with Gasteiger partial charge in [-0.15, -0.1) is 0 Å². The predicted molar refractivity (Wildman–Crippen MR) is 153 cm³/mol. The Labute approximate surface area is 226 Å². The number of rotatable bonds is 9. The smallest absolute Gasteiger partial charge is 0.221 e. The van der Waals surface area contributed by atoms with E-state index in [0.717, 1.165) is 35.0 Å². The van der Waals surface area contributed by atoms with E-state index in [9.17, 15) is 9.59 Å². The molecule has 1 aliphatic heterocycles. The van der Waals surface area contributed by atoms with E-state index in [-0.39, 0.29) is 18.1 Å². The summed E-state index contributed by atoms with van der Waals surface area (Å²) in [5.74, 6) is -0.719. The van der Waals surface area contributed by atoms with Crippen molar-refractivity contribution in [3.8, 4) is 0 Å². The number of H-pyrrole nitrogens is 1. The Bertz CT molecular complexity index is 1630. The fourth-order valence-corrected chi connectivity index (χ4v) is 4.81. The number of nitrogens with zero attached hydrogens (tertiary/aromatic N) is 3. The SMILES string of the molecule is [C-]#[N+]c1cccc(C2=CN=C(CCCc3ccccc3)C(=O)C2CC(=O)NCc2ccc3nc(N)[nH]c3c2)c1. The minimum absolute atomic E-state index is 0.0101. The van der Waals surface area contributed by atoms with Gasteiger partial charge in [0.25, 0.3) is 0 Å². The fourth-order valence-electron chi connectivity index (χ4n) is 4.81. The molecule has 1 unspecified atom stereocenters. The molecule has 0 saturated heterocycles. The van der Waals surface area contributed by atoms with Gasteiger partial charge in [0.2, 0.25) is 5.91 Å². The van der Waals surface area contributed by atoms with Crippen LogP contribution < -0.4 is 11.1 Å². The van der Waals surface area contributed by atoms with Crippen LogP contribution in [0, 0.1) is 12.5 Å². The van der Waals surface area contributed by atoms with Gasteiger partial charge in [0, 0.05) is 19.2 Å². The van der Waals surface area contributed by atoms with Crippen LogP contribution in [-0.2, 0) is 22.6 Å². The number of aromatic nitrogens is 2. The van der Waals surface area contributed by atoms with E-state index in [1.54, 1.807) is 24.4 Å². The zero-order valence-electron chi connectivity index (χ0n) is 21.4. The largest absolute Gasteiger partial charge is 0.369 e. The predicted octanol–water partition coefficient (Wildman–Crippen LogP) is 5.41. The number of aliphatic imine (C=N–C) groups is 1. The molecule has 4 aromatic rings. The second-order valence-electron chi connectivity index (χ2n) is 9.53. The lowest BCUT2D eigenvalue weighted by Gasteiger charge is -2.23. The number of imidazole rings is 1. The van der Waals surface area contributed by atoms with E-state index in [2.05, 4.69) is 37.3 Å². The molecule has 194 valence electrons. The van der Waals surface area contributed by atoms with Crippen molar-refractivity contribution < 1.29 is 9.59 Å². The number of nitrogen functional groups attached to an aromatic ring is 1. The number of fused-ring (bicyclic) bond motifs is 1. The molecule has 4 N–H and O–H groups in total. The molecular weight excluding hydrogens is 488 g/mol. The molecule has 1 aromatic heterocycles. The first-order valence-electron chi connectivity index (χ1n) is 12.8. The van der Waals surface area contributed by atoms with E-state index in [1.165, 1.54) is 5.56 Å². The van der Waals surface area contributed by atoms with Gasteiger partial charge < -0.3 is 16.0 Å². The van der Waals surface area contributed by atoms with Gasteiger partial charge in [-0.1, -0.05) is 54.6 Å². The summed E-state index contributed by atoms with van der Waals surface area (Å²) in [5, 5.41) is 2.94. The summed E-state index contributed by atoms with van der Waals surface area (Å²) in [4.78, 5) is 41.9. The molecule has 0 saturated carbocycles. The third kappa shape index (κ3) is 6.11. The Morgan fingerprint density at radius 3 is 2.69 bits per heavy atom. The van der Waals surface area contributed by atoms with Crippen molar-refractivity contribution in [3.05, 3.63) is 107 Å². The van der Waals surface area contributed by atoms with Gasteiger partial charge in [0.05, 0.1) is 29.2 Å². The van der Waals surface area contributed by atoms with Gasteiger partial charge in [-0.3, -0.25) is 14.6 Å². The fraction of sp³-hybridized carbons (Fsp3) is 0.194. The summed E-state index contributed by atoms with van der Waals surface area (Å²) in [6, 6.07) is 22.8. The number of nitrogens with one attached hydrogen (secondary N) is 2. The van der Waals surface area contributed by atoms with Crippen molar-refractivity contribution in [1.82, 2.24) is 15.3 Å². The Morgan fingerprint density at radius 2 is 1.87 bits per heavy atom. The number of hydrogen-bond acceptors (Lipinski definition) is 5. The van der Waals surface area contributed by atoms with Crippen LogP contribution in [0.25, 0.3) is 21.5 Å². The number of ketones is 1. The topological polar surface area (TPSA) is 118 Å². The number of anilines is 1. The Morgan fingerprint density at radius 1 is 1.03 bits per heavy atom. The Kier molecular flexibility index (Phi) is 7.60. The molecular formula is C31H28N6O2. The van der Waals surface area contributed by atoms with Crippen molar-refractivity contribution >= 4 is 45.6 Å². The molecule has 2 heterocycles. The number of benzene rings is 3. The lowest BCUT2D eigenvalue weighted by molar-refractivity contribution is -0.125. The second kappa shape index (κ2) is 11.6. The van der Waals surface area contributed by atoms with Crippen LogP contribution in [0.1, 0.15) is 36.0 Å². The highest BCUT2D eigenvalue weighted by Gasteiger charge is 2.32. The van der Waals surface area contributed by atoms with Gasteiger partial charge in [0.15, 0.2) is 17.4 Å². The molecule has 39 heavy (non-hydrogen) atoms. The van der Waals surface area contributed by atoms with E-state index in [1.807, 2.05) is 42.5 Å². The second-order valence-corrected chi connectivity index (χ2v) is 9.53. The molecule has 1 aliphatic rings. The quantitative estimate of drug-likeness (QED) is 0.258. The number of Topliss-reactive ketones (excluding diaryl/α,β-unsaturated/α-hetero) is 1. The molecule has 1 amide bonds. The lowest BCUT2D eigenvalue weighted by Crippen LogP contribution is -2.33. The van der Waals surface area contributed by atoms with Crippen molar-refractivity contribution in [2.24, 2.45) is 10.9 Å². The highest BCUT2D eigenvalue weighted by Crippen LogP contribution is 2.33. The third-order valence-electron chi connectivity index (χ3n) is 6.81. The molecule has 3 aromatic carbocycles. The van der Waals surface area contributed by atoms with Crippen LogP contribution in [-0.4, -0.2) is 27.4 Å². The van der Waals surface area contributed by atoms with Crippen molar-refractivity contribution in [2.75, 3.05) is 5.73 Å². The maximum Gasteiger partial charge on any atom is 0.221 e. The Hall–Kier alpha value is -5.03. The highest BCUT2D eigenvalue weighted by molar-refractivity contribution is 6.43. The first kappa shape index (κ1) is 25.6. The molecule has 5 rings (SSSR count). The van der Waals surface area contributed by atoms with Crippen molar-refractivity contribution in [3.63, 3.8) is 0 Å². The average Bonchev–Trinajstić information content (AvgIpc) is 3.33. The van der Waals surface area contributed by atoms with Crippen LogP contribution in [0.4, 0.5) is 11.6 Å². The van der Waals surface area contributed by atoms with Gasteiger partial charge in [-0.2, -0.15) is 0 Å². The minimum atomic E-state index is -0.676. The maximum atomic E-state index is 13.6. The first-order chi connectivity index (χ1) is 19.0. The first-order valence-corrected chi connectivity index (χ1v) is 12.8. The standard InChI is InChI=1S/C31H28N6O2/c1-33-23-11-6-10-22(16-23)25-19-34-27(12-5-9-20-7-3-2-4-8-20)30(39)24(25)17-29(38)35-18-21-13-14-26-28(15-21)37-31(32)36-26/h2-4,6-8,10-11,13-16,19,24H,5,9,12,17-18H2,(H,35,38)(H3,32,36,37). The zero-order valence-corrected chi connectivity index (χ0v) is 21.4. The van der Waals surface area contributed by atoms with Crippen LogP contribution in [0.15, 0.2) is 84.0 Å². The number of allylic oxidation sites excluding steroid dienone is 1. The van der Waals surface area contributed by atoms with E-state index < -0.39 is 5.92 Å². The molecule has 0 aliphatic carbocycles. The highest BCUT2D eigenvalue weighted by atomic mass is 16.2. The number of hydrogen-bond donors (Lipinski definition) is 3. The number of carbonyl (C=O) groups is 2. The van der Waals surface area contributed by atoms with Crippen LogP contribution in [0.3, 0.4) is 0 Å². The average molecular weight is 517 g/mol. The molecule has 0 spiro atoms. The molecule has 0 radical (unpaired) electrons. The van der Waals surface area contributed by atoms with Gasteiger partial charge in [-0.05, 0) is 59.7 Å². The summed E-state index contributed by atoms with van der Waals surface area (Å²) in [6.45, 7) is 7.66. The molecule has 0 fully saturated rings. The Balaban J connectivity index is 1.31. The van der Waals surface area contributed by atoms with E-state index in [4.69, 9.17) is 12.3 Å². The molecule has 1 atom stereocenters. The number of amides is 1. The van der Waals surface area contributed by atoms with E-state index in [0.29, 0.717) is 35.9 Å². The summed E-state index contributed by atoms with van der Waals surface area (Å²) in [5.41, 5.74) is 11.7. The maximum absolute atomic E-state index is 13.6. The zero-order chi connectivity index (χ0) is 27.2. The van der Waals surface area contributed by atoms with Crippen LogP contribution in [0.5, 0.6) is 0 Å². The molecule has 0 bridgehead atoms. The summed E-state index contributed by atoms with van der Waals surface area (Å²) in [7, 11) is 0. The van der Waals surface area contributed by atoms with Crippen LogP contribution >= 0.6 is 0 Å². The monoisotopic (exact) mass is 516 g/mol. The summed E-state index contributed by atoms with van der Waals surface area (Å²) >= 11 is 0. The lowest BCUT2D eigenvalue weighted by atomic mass is 9.82. The number of aryl methyl sites for hydroxylation is 1. The summed E-state index contributed by atoms with van der Waals surface area (Å²) < 4.78 is 0. The normalized spacial score (nSPS) is 14.9. The minimum Gasteiger partial charge on any atom is -0.369 e. The van der Waals surface area contributed by atoms with Crippen molar-refractivity contribution in [2.45, 2.75) is 32.2 Å². The van der Waals surface area contributed by atoms with Crippen LogP contribution in [0.2, 0.25) is 0 Å².